The summed E-state index contributed by atoms with van der Waals surface area (Å²) < 4.78 is 26.7. The Hall–Kier alpha value is -1.83. The van der Waals surface area contributed by atoms with E-state index in [0.29, 0.717) is 36.4 Å². The van der Waals surface area contributed by atoms with Gasteiger partial charge in [-0.1, -0.05) is 0 Å². The number of carbonyl (C=O) groups excluding carboxylic acids is 1. The summed E-state index contributed by atoms with van der Waals surface area (Å²) in [6, 6.07) is -0.0400. The predicted molar refractivity (Wildman–Crippen MR) is 81.4 cm³/mol. The first kappa shape index (κ1) is 14.7. The van der Waals surface area contributed by atoms with E-state index in [-0.39, 0.29) is 18.4 Å². The molecular formula is C15H16F2N4OS. The van der Waals surface area contributed by atoms with Gasteiger partial charge in [0, 0.05) is 23.3 Å². The van der Waals surface area contributed by atoms with Crippen LogP contribution in [0.15, 0.2) is 17.9 Å². The molecule has 0 aliphatic heterocycles. The van der Waals surface area contributed by atoms with E-state index in [4.69, 9.17) is 0 Å². The molecule has 0 unspecified atom stereocenters. The van der Waals surface area contributed by atoms with Gasteiger partial charge in [0.1, 0.15) is 10.7 Å². The van der Waals surface area contributed by atoms with Crippen LogP contribution in [0.25, 0.3) is 10.7 Å². The van der Waals surface area contributed by atoms with Gasteiger partial charge in [-0.2, -0.15) is 0 Å². The molecule has 2 heterocycles. The molecular weight excluding hydrogens is 322 g/mol. The van der Waals surface area contributed by atoms with Gasteiger partial charge in [-0.3, -0.25) is 4.79 Å². The highest BCUT2D eigenvalue weighted by Gasteiger charge is 2.70. The number of aromatic nitrogens is 3. The Balaban J connectivity index is 1.36. The van der Waals surface area contributed by atoms with Crippen molar-refractivity contribution in [2.75, 3.05) is 0 Å². The van der Waals surface area contributed by atoms with Crippen molar-refractivity contribution in [2.45, 2.75) is 44.1 Å². The summed E-state index contributed by atoms with van der Waals surface area (Å²) in [6.07, 6.45) is 5.42. The smallest absolute Gasteiger partial charge is 0.270 e. The van der Waals surface area contributed by atoms with E-state index in [0.717, 1.165) is 5.69 Å². The van der Waals surface area contributed by atoms with Gasteiger partial charge in [0.25, 0.3) is 11.8 Å². The van der Waals surface area contributed by atoms with Crippen LogP contribution in [0, 0.1) is 5.41 Å². The van der Waals surface area contributed by atoms with E-state index in [9.17, 15) is 13.6 Å². The molecule has 2 aromatic heterocycles. The summed E-state index contributed by atoms with van der Waals surface area (Å²) in [6.45, 7) is 0. The standard InChI is InChI=1S/C15H16F2N4OS/c16-15(17)7-14(15)3-1-9(2-4-14)20-12(22)11-6-23-13(21-11)10-5-18-8-19-10/h5-6,8-9H,1-4,7H2,(H,18,19)(H,20,22). The molecule has 1 amide bonds. The maximum atomic E-state index is 13.4. The molecule has 2 aliphatic carbocycles. The molecule has 0 radical (unpaired) electrons. The maximum absolute atomic E-state index is 13.4. The number of carbonyl (C=O) groups is 1. The largest absolute Gasteiger partial charge is 0.348 e. The van der Waals surface area contributed by atoms with E-state index in [2.05, 4.69) is 20.3 Å². The third-order valence-corrected chi connectivity index (χ3v) is 5.83. The van der Waals surface area contributed by atoms with Crippen LogP contribution in [0.4, 0.5) is 8.78 Å². The van der Waals surface area contributed by atoms with Gasteiger partial charge in [0.05, 0.1) is 18.2 Å². The topological polar surface area (TPSA) is 70.7 Å². The molecule has 2 fully saturated rings. The number of nitrogens with one attached hydrogen (secondary N) is 2. The third kappa shape index (κ3) is 2.54. The number of thiazole rings is 1. The molecule has 2 aliphatic rings. The second-order valence-corrected chi connectivity index (χ2v) is 7.27. The highest BCUT2D eigenvalue weighted by Crippen LogP contribution is 2.67. The highest BCUT2D eigenvalue weighted by molar-refractivity contribution is 7.13. The van der Waals surface area contributed by atoms with Gasteiger partial charge in [-0.15, -0.1) is 11.3 Å². The molecule has 0 bridgehead atoms. The fourth-order valence-electron chi connectivity index (χ4n) is 3.37. The van der Waals surface area contributed by atoms with Crippen molar-refractivity contribution in [3.63, 3.8) is 0 Å². The SMILES string of the molecule is O=C(NC1CCC2(CC1)CC2(F)F)c1csc(-c2cnc[nH]2)n1. The van der Waals surface area contributed by atoms with Crippen molar-refractivity contribution in [3.8, 4) is 10.7 Å². The molecule has 2 saturated carbocycles. The Bertz CT molecular complexity index is 720. The molecule has 8 heteroatoms. The molecule has 4 rings (SSSR count). The molecule has 122 valence electrons. The minimum absolute atomic E-state index is 0.0142. The van der Waals surface area contributed by atoms with E-state index in [1.807, 2.05) is 0 Å². The molecule has 0 aromatic carbocycles. The molecule has 2 aromatic rings. The predicted octanol–water partition coefficient (Wildman–Crippen LogP) is 3.23. The molecule has 2 N–H and O–H groups in total. The molecule has 1 spiro atoms. The Morgan fingerprint density at radius 1 is 1.39 bits per heavy atom. The number of amides is 1. The number of nitrogens with zero attached hydrogens (tertiary/aromatic N) is 2. The number of rotatable bonds is 3. The Morgan fingerprint density at radius 2 is 2.13 bits per heavy atom. The van der Waals surface area contributed by atoms with Crippen LogP contribution in [-0.4, -0.2) is 32.8 Å². The number of hydrogen-bond donors (Lipinski definition) is 2. The number of aromatic amines is 1. The number of alkyl halides is 2. The third-order valence-electron chi connectivity index (χ3n) is 4.95. The number of H-pyrrole nitrogens is 1. The van der Waals surface area contributed by atoms with Crippen LogP contribution in [0.5, 0.6) is 0 Å². The lowest BCUT2D eigenvalue weighted by Crippen LogP contribution is -2.39. The van der Waals surface area contributed by atoms with E-state index in [1.165, 1.54) is 11.3 Å². The second-order valence-electron chi connectivity index (χ2n) is 6.41. The molecule has 23 heavy (non-hydrogen) atoms. The van der Waals surface area contributed by atoms with Crippen molar-refractivity contribution in [3.05, 3.63) is 23.6 Å². The van der Waals surface area contributed by atoms with Crippen molar-refractivity contribution >= 4 is 17.2 Å². The summed E-state index contributed by atoms with van der Waals surface area (Å²) in [4.78, 5) is 23.4. The average Bonchev–Trinajstić information content (AvgIpc) is 3.02. The lowest BCUT2D eigenvalue weighted by molar-refractivity contribution is 0.0435. The Kier molecular flexibility index (Phi) is 3.26. The van der Waals surface area contributed by atoms with Gasteiger partial charge < -0.3 is 10.3 Å². The molecule has 0 saturated heterocycles. The Morgan fingerprint density at radius 3 is 2.74 bits per heavy atom. The fraction of sp³-hybridized carbons (Fsp3) is 0.533. The summed E-state index contributed by atoms with van der Waals surface area (Å²) in [5.41, 5.74) is 0.351. The van der Waals surface area contributed by atoms with Gasteiger partial charge in [-0.05, 0) is 25.7 Å². The quantitative estimate of drug-likeness (QED) is 0.903. The van der Waals surface area contributed by atoms with Crippen molar-refractivity contribution in [2.24, 2.45) is 5.41 Å². The average molecular weight is 338 g/mol. The minimum atomic E-state index is -2.49. The summed E-state index contributed by atoms with van der Waals surface area (Å²) in [7, 11) is 0. The van der Waals surface area contributed by atoms with Crippen molar-refractivity contribution in [1.82, 2.24) is 20.3 Å². The summed E-state index contributed by atoms with van der Waals surface area (Å²) in [5.74, 6) is -2.73. The molecule has 0 atom stereocenters. The highest BCUT2D eigenvalue weighted by atomic mass is 32.1. The van der Waals surface area contributed by atoms with Crippen LogP contribution < -0.4 is 5.32 Å². The maximum Gasteiger partial charge on any atom is 0.270 e. The number of hydrogen-bond acceptors (Lipinski definition) is 4. The van der Waals surface area contributed by atoms with E-state index < -0.39 is 11.3 Å². The van der Waals surface area contributed by atoms with Crippen LogP contribution in [0.1, 0.15) is 42.6 Å². The molecule has 5 nitrogen and oxygen atoms in total. The second kappa shape index (κ2) is 5.09. The lowest BCUT2D eigenvalue weighted by atomic mass is 9.83. The van der Waals surface area contributed by atoms with Crippen molar-refractivity contribution in [1.29, 1.82) is 0 Å². The van der Waals surface area contributed by atoms with Gasteiger partial charge in [0.2, 0.25) is 0 Å². The number of halogens is 2. The van der Waals surface area contributed by atoms with Crippen LogP contribution >= 0.6 is 11.3 Å². The normalized spacial score (nSPS) is 28.7. The summed E-state index contributed by atoms with van der Waals surface area (Å²) >= 11 is 1.36. The summed E-state index contributed by atoms with van der Waals surface area (Å²) in [5, 5.41) is 5.32. The first-order valence-electron chi connectivity index (χ1n) is 7.62. The minimum Gasteiger partial charge on any atom is -0.348 e. The fourth-order valence-corrected chi connectivity index (χ4v) is 4.14. The van der Waals surface area contributed by atoms with Crippen molar-refractivity contribution < 1.29 is 13.6 Å². The van der Waals surface area contributed by atoms with E-state index >= 15 is 0 Å². The van der Waals surface area contributed by atoms with Crippen LogP contribution in [-0.2, 0) is 0 Å². The number of imidazole rings is 1. The van der Waals surface area contributed by atoms with Gasteiger partial charge in [-0.25, -0.2) is 18.7 Å². The first-order valence-corrected chi connectivity index (χ1v) is 8.50. The van der Waals surface area contributed by atoms with E-state index in [1.54, 1.807) is 17.9 Å². The van der Waals surface area contributed by atoms with Gasteiger partial charge in [0.15, 0.2) is 0 Å². The van der Waals surface area contributed by atoms with Crippen LogP contribution in [0.3, 0.4) is 0 Å². The monoisotopic (exact) mass is 338 g/mol. The zero-order valence-corrected chi connectivity index (χ0v) is 13.1. The van der Waals surface area contributed by atoms with Crippen LogP contribution in [0.2, 0.25) is 0 Å². The zero-order chi connectivity index (χ0) is 16.1. The lowest BCUT2D eigenvalue weighted by Gasteiger charge is -2.29. The van der Waals surface area contributed by atoms with Gasteiger partial charge >= 0.3 is 0 Å². The first-order chi connectivity index (χ1) is 11.0. The Labute approximate surface area is 135 Å². The zero-order valence-electron chi connectivity index (χ0n) is 12.3.